The van der Waals surface area contributed by atoms with Crippen molar-refractivity contribution < 1.29 is 31.1 Å². The van der Waals surface area contributed by atoms with Gasteiger partial charge >= 0.3 is 0 Å². The van der Waals surface area contributed by atoms with Crippen molar-refractivity contribution in [1.82, 2.24) is 4.98 Å². The molecule has 3 nitrogen and oxygen atoms in total. The van der Waals surface area contributed by atoms with E-state index in [0.717, 1.165) is 17.0 Å². The van der Waals surface area contributed by atoms with Crippen LogP contribution in [0.1, 0.15) is 11.7 Å². The fourth-order valence-electron chi connectivity index (χ4n) is 2.52. The molecule has 1 aliphatic heterocycles. The van der Waals surface area contributed by atoms with Crippen molar-refractivity contribution in [3.8, 4) is 0 Å². The lowest BCUT2D eigenvalue weighted by atomic mass is 10.1. The maximum atomic E-state index is 13.8. The quantitative estimate of drug-likeness (QED) is 0.614. The van der Waals surface area contributed by atoms with Crippen LogP contribution in [0.5, 0.6) is 0 Å². The van der Waals surface area contributed by atoms with Crippen molar-refractivity contribution in [2.45, 2.75) is 6.10 Å². The topological polar surface area (TPSA) is 25.4 Å². The Morgan fingerprint density at radius 1 is 0.958 bits per heavy atom. The molecule has 2 heterocycles. The lowest BCUT2D eigenvalue weighted by molar-refractivity contribution is 0.0389. The normalized spacial score (nSPS) is 18.1. The van der Waals surface area contributed by atoms with Gasteiger partial charge in [-0.25, -0.2) is 8.78 Å². The molecule has 24 heavy (non-hydrogen) atoms. The molecule has 2 aromatic rings. The molecule has 1 aromatic carbocycles. The fraction of sp³-hybridized carbons (Fsp3) is 0.267. The molecule has 128 valence electrons. The molecule has 3 rings (SSSR count). The number of rotatable bonds is 2. The highest BCUT2D eigenvalue weighted by Crippen LogP contribution is 2.31. The van der Waals surface area contributed by atoms with Crippen LogP contribution in [-0.4, -0.2) is 24.7 Å². The summed E-state index contributed by atoms with van der Waals surface area (Å²) in [6.45, 7) is -0.285. The molecule has 0 radical (unpaired) electrons. The number of benzene rings is 1. The summed E-state index contributed by atoms with van der Waals surface area (Å²) in [4.78, 5) is 3.53. The van der Waals surface area contributed by atoms with Crippen LogP contribution in [0.2, 0.25) is 0 Å². The Balaban J connectivity index is 1.93. The van der Waals surface area contributed by atoms with Crippen molar-refractivity contribution in [3.63, 3.8) is 0 Å². The molecular formula is C15H10F6N2O. The molecule has 1 aliphatic rings. The minimum Gasteiger partial charge on any atom is -0.370 e. The van der Waals surface area contributed by atoms with E-state index in [1.807, 2.05) is 0 Å². The lowest BCUT2D eigenvalue weighted by Crippen LogP contribution is -2.39. The van der Waals surface area contributed by atoms with E-state index in [2.05, 4.69) is 4.98 Å². The molecule has 0 bridgehead atoms. The number of halogens is 6. The predicted octanol–water partition coefficient (Wildman–Crippen LogP) is 3.49. The van der Waals surface area contributed by atoms with Crippen molar-refractivity contribution in [2.75, 3.05) is 24.6 Å². The summed E-state index contributed by atoms with van der Waals surface area (Å²) in [5.41, 5.74) is -0.676. The van der Waals surface area contributed by atoms with Crippen LogP contribution >= 0.6 is 0 Å². The molecule has 1 aromatic heterocycles. The van der Waals surface area contributed by atoms with Crippen LogP contribution in [0.15, 0.2) is 18.2 Å². The first-order valence-corrected chi connectivity index (χ1v) is 6.90. The van der Waals surface area contributed by atoms with E-state index in [1.165, 1.54) is 6.07 Å². The second-order valence-electron chi connectivity index (χ2n) is 5.15. The first-order valence-electron chi connectivity index (χ1n) is 6.90. The highest BCUT2D eigenvalue weighted by molar-refractivity contribution is 5.49. The van der Waals surface area contributed by atoms with Gasteiger partial charge in [-0.3, -0.25) is 0 Å². The zero-order chi connectivity index (χ0) is 17.4. The van der Waals surface area contributed by atoms with Crippen molar-refractivity contribution >= 4 is 5.69 Å². The molecule has 1 fully saturated rings. The Hall–Kier alpha value is -2.29. The number of hydrogen-bond acceptors (Lipinski definition) is 3. The predicted molar refractivity (Wildman–Crippen MR) is 71.3 cm³/mol. The summed E-state index contributed by atoms with van der Waals surface area (Å²) in [7, 11) is 0. The zero-order valence-electron chi connectivity index (χ0n) is 12.0. The molecule has 0 spiro atoms. The fourth-order valence-corrected chi connectivity index (χ4v) is 2.52. The molecule has 9 heteroatoms. The number of hydrogen-bond donors (Lipinski definition) is 0. The Morgan fingerprint density at radius 2 is 1.62 bits per heavy atom. The third-order valence-electron chi connectivity index (χ3n) is 3.67. The van der Waals surface area contributed by atoms with Crippen molar-refractivity contribution in [1.29, 1.82) is 0 Å². The molecule has 1 atom stereocenters. The Morgan fingerprint density at radius 3 is 2.25 bits per heavy atom. The standard InChI is InChI=1S/C15H10F6N2O/c16-8-2-1-7(5-9(8)17)10-6-23(3-4-24-10)13-11(18)14(20)22-15(21)12(13)19/h1-2,5,10H,3-4,6H2. The summed E-state index contributed by atoms with van der Waals surface area (Å²) < 4.78 is 85.9. The molecule has 0 aliphatic carbocycles. The highest BCUT2D eigenvalue weighted by Gasteiger charge is 2.30. The molecular weight excluding hydrogens is 338 g/mol. The van der Waals surface area contributed by atoms with Crippen LogP contribution < -0.4 is 4.90 Å². The zero-order valence-corrected chi connectivity index (χ0v) is 12.0. The van der Waals surface area contributed by atoms with E-state index in [4.69, 9.17) is 4.74 Å². The number of morpholine rings is 1. The largest absolute Gasteiger partial charge is 0.370 e. The summed E-state index contributed by atoms with van der Waals surface area (Å²) >= 11 is 0. The minimum absolute atomic E-state index is 0.0336. The Kier molecular flexibility index (Phi) is 4.35. The number of anilines is 1. The van der Waals surface area contributed by atoms with E-state index in [-0.39, 0.29) is 25.3 Å². The summed E-state index contributed by atoms with van der Waals surface area (Å²) in [6.07, 6.45) is -0.855. The Labute approximate surface area is 132 Å². The van der Waals surface area contributed by atoms with Gasteiger partial charge in [-0.2, -0.15) is 22.5 Å². The first kappa shape index (κ1) is 16.6. The number of nitrogens with zero attached hydrogens (tertiary/aromatic N) is 2. The van der Waals surface area contributed by atoms with Gasteiger partial charge in [0, 0.05) is 13.1 Å². The number of ether oxygens (including phenoxy) is 1. The molecule has 1 unspecified atom stereocenters. The average Bonchev–Trinajstić information content (AvgIpc) is 2.56. The van der Waals surface area contributed by atoms with Gasteiger partial charge in [0.2, 0.25) is 11.6 Å². The molecule has 1 saturated heterocycles. The van der Waals surface area contributed by atoms with E-state index in [9.17, 15) is 26.3 Å². The number of aromatic nitrogens is 1. The van der Waals surface area contributed by atoms with Gasteiger partial charge in [0.05, 0.1) is 6.61 Å². The molecule has 0 amide bonds. The summed E-state index contributed by atoms with van der Waals surface area (Å²) in [5, 5.41) is 0. The summed E-state index contributed by atoms with van der Waals surface area (Å²) in [5.74, 6) is -8.94. The average molecular weight is 348 g/mol. The van der Waals surface area contributed by atoms with Crippen molar-refractivity contribution in [2.24, 2.45) is 0 Å². The molecule has 0 N–H and O–H groups in total. The lowest BCUT2D eigenvalue weighted by Gasteiger charge is -2.35. The molecule has 0 saturated carbocycles. The van der Waals surface area contributed by atoms with Gasteiger partial charge in [0.15, 0.2) is 11.6 Å². The highest BCUT2D eigenvalue weighted by atomic mass is 19.2. The van der Waals surface area contributed by atoms with Crippen LogP contribution in [0.25, 0.3) is 0 Å². The van der Waals surface area contributed by atoms with E-state index < -0.39 is 47.0 Å². The van der Waals surface area contributed by atoms with E-state index >= 15 is 0 Å². The van der Waals surface area contributed by atoms with Gasteiger partial charge < -0.3 is 9.64 Å². The SMILES string of the molecule is Fc1ccc(C2CN(c3c(F)c(F)nc(F)c3F)CCO2)cc1F. The first-order chi connectivity index (χ1) is 11.4. The monoisotopic (exact) mass is 348 g/mol. The minimum atomic E-state index is -1.76. The second-order valence-corrected chi connectivity index (χ2v) is 5.15. The second kappa shape index (κ2) is 6.31. The van der Waals surface area contributed by atoms with E-state index in [1.54, 1.807) is 0 Å². The van der Waals surface area contributed by atoms with Gasteiger partial charge in [0.25, 0.3) is 11.9 Å². The van der Waals surface area contributed by atoms with Gasteiger partial charge in [-0.15, -0.1) is 0 Å². The smallest absolute Gasteiger partial charge is 0.253 e. The van der Waals surface area contributed by atoms with E-state index in [0.29, 0.717) is 0 Å². The van der Waals surface area contributed by atoms with Crippen molar-refractivity contribution in [3.05, 3.63) is 58.9 Å². The van der Waals surface area contributed by atoms with Gasteiger partial charge in [-0.05, 0) is 17.7 Å². The van der Waals surface area contributed by atoms with Crippen LogP contribution in [0.4, 0.5) is 32.0 Å². The maximum absolute atomic E-state index is 13.8. The third-order valence-corrected chi connectivity index (χ3v) is 3.67. The van der Waals surface area contributed by atoms with Crippen LogP contribution in [-0.2, 0) is 4.74 Å². The number of pyridine rings is 1. The van der Waals surface area contributed by atoms with Gasteiger partial charge in [-0.1, -0.05) is 6.07 Å². The van der Waals surface area contributed by atoms with Crippen LogP contribution in [0, 0.1) is 35.2 Å². The van der Waals surface area contributed by atoms with Crippen LogP contribution in [0.3, 0.4) is 0 Å². The summed E-state index contributed by atoms with van der Waals surface area (Å²) in [6, 6.07) is 3.04. The Bertz CT molecular complexity index is 759. The third kappa shape index (κ3) is 2.91. The maximum Gasteiger partial charge on any atom is 0.253 e. The van der Waals surface area contributed by atoms with Gasteiger partial charge in [0.1, 0.15) is 11.8 Å².